The van der Waals surface area contributed by atoms with Crippen LogP contribution in [-0.2, 0) is 0 Å². The Labute approximate surface area is 84.3 Å². The molecule has 1 nitrogen and oxygen atoms in total. The number of nitrogens with zero attached hydrogens (tertiary/aromatic N) is 1. The molecule has 13 heavy (non-hydrogen) atoms. The minimum atomic E-state index is 0.522. The summed E-state index contributed by atoms with van der Waals surface area (Å²) < 4.78 is 0. The molecule has 0 bridgehead atoms. The first-order valence-corrected chi connectivity index (χ1v) is 5.72. The summed E-state index contributed by atoms with van der Waals surface area (Å²) in [5, 5.41) is 4.82. The fraction of sp³-hybridized carbons (Fsp3) is 1.00. The summed E-state index contributed by atoms with van der Waals surface area (Å²) in [6, 6.07) is 1.04. The van der Waals surface area contributed by atoms with Gasteiger partial charge in [-0.2, -0.15) is 0 Å². The first kappa shape index (κ1) is 13.0. The highest BCUT2D eigenvalue weighted by Crippen LogP contribution is 2.13. The van der Waals surface area contributed by atoms with Crippen LogP contribution >= 0.6 is 0 Å². The lowest BCUT2D eigenvalue weighted by molar-refractivity contribution is 0.296. The van der Waals surface area contributed by atoms with Crippen LogP contribution in [0.1, 0.15) is 54.4 Å². The maximum absolute atomic E-state index is 4.82. The lowest BCUT2D eigenvalue weighted by Gasteiger charge is -2.25. The smallest absolute Gasteiger partial charge is 0.0246 e. The summed E-state index contributed by atoms with van der Waals surface area (Å²) in [7, 11) is 0. The normalized spacial score (nSPS) is 20.8. The second kappa shape index (κ2) is 6.42. The molecule has 1 radical (unpaired) electrons. The zero-order valence-electron chi connectivity index (χ0n) is 10.2. The lowest BCUT2D eigenvalue weighted by Crippen LogP contribution is -2.35. The third-order valence-corrected chi connectivity index (χ3v) is 3.41. The molecule has 4 atom stereocenters. The Bertz CT molecular complexity index is 108. The van der Waals surface area contributed by atoms with E-state index >= 15 is 0 Å². The zero-order chi connectivity index (χ0) is 10.4. The second-order valence-corrected chi connectivity index (χ2v) is 4.40. The molecule has 1 heteroatoms. The van der Waals surface area contributed by atoms with Gasteiger partial charge in [0.15, 0.2) is 0 Å². The third kappa shape index (κ3) is 4.66. The van der Waals surface area contributed by atoms with Crippen LogP contribution in [0.3, 0.4) is 0 Å². The fourth-order valence-electron chi connectivity index (χ4n) is 1.35. The first-order chi connectivity index (χ1) is 6.02. The Morgan fingerprint density at radius 1 is 0.769 bits per heavy atom. The van der Waals surface area contributed by atoms with Crippen molar-refractivity contribution in [2.45, 2.75) is 66.5 Å². The van der Waals surface area contributed by atoms with E-state index in [0.717, 1.165) is 11.8 Å². The van der Waals surface area contributed by atoms with E-state index in [1.807, 2.05) is 0 Å². The number of hydrogen-bond donors (Lipinski definition) is 0. The van der Waals surface area contributed by atoms with Crippen LogP contribution in [0.4, 0.5) is 0 Å². The quantitative estimate of drug-likeness (QED) is 0.600. The van der Waals surface area contributed by atoms with Gasteiger partial charge in [-0.15, -0.1) is 0 Å². The van der Waals surface area contributed by atoms with Crippen molar-refractivity contribution in [3.63, 3.8) is 0 Å². The topological polar surface area (TPSA) is 14.1 Å². The molecule has 0 aromatic carbocycles. The Morgan fingerprint density at radius 3 is 1.31 bits per heavy atom. The first-order valence-electron chi connectivity index (χ1n) is 5.72. The zero-order valence-corrected chi connectivity index (χ0v) is 10.2. The van der Waals surface area contributed by atoms with E-state index < -0.39 is 0 Å². The van der Waals surface area contributed by atoms with E-state index in [4.69, 9.17) is 5.32 Å². The van der Waals surface area contributed by atoms with E-state index in [0.29, 0.717) is 12.1 Å². The van der Waals surface area contributed by atoms with Gasteiger partial charge in [0.05, 0.1) is 0 Å². The minimum Gasteiger partial charge on any atom is -0.235 e. The van der Waals surface area contributed by atoms with Crippen LogP contribution in [0.15, 0.2) is 0 Å². The highest BCUT2D eigenvalue weighted by atomic mass is 14.9. The molecule has 4 unspecified atom stereocenters. The van der Waals surface area contributed by atoms with Crippen molar-refractivity contribution in [1.82, 2.24) is 5.32 Å². The van der Waals surface area contributed by atoms with Crippen molar-refractivity contribution < 1.29 is 0 Å². The van der Waals surface area contributed by atoms with Crippen molar-refractivity contribution in [2.24, 2.45) is 11.8 Å². The van der Waals surface area contributed by atoms with Gasteiger partial charge in [0.2, 0.25) is 0 Å². The predicted octanol–water partition coefficient (Wildman–Crippen LogP) is 3.46. The van der Waals surface area contributed by atoms with E-state index in [1.54, 1.807) is 0 Å². The lowest BCUT2D eigenvalue weighted by atomic mass is 9.96. The van der Waals surface area contributed by atoms with Gasteiger partial charge in [0, 0.05) is 12.1 Å². The van der Waals surface area contributed by atoms with Crippen LogP contribution in [0.2, 0.25) is 0 Å². The highest BCUT2D eigenvalue weighted by molar-refractivity contribution is 4.74. The molecule has 0 saturated carbocycles. The molecule has 0 aromatic rings. The van der Waals surface area contributed by atoms with Crippen LogP contribution < -0.4 is 5.32 Å². The van der Waals surface area contributed by atoms with E-state index in [2.05, 4.69) is 41.5 Å². The van der Waals surface area contributed by atoms with Crippen LogP contribution in [0.25, 0.3) is 0 Å². The largest absolute Gasteiger partial charge is 0.235 e. The van der Waals surface area contributed by atoms with Gasteiger partial charge >= 0.3 is 0 Å². The molecular weight excluding hydrogens is 158 g/mol. The van der Waals surface area contributed by atoms with E-state index in [1.165, 1.54) is 12.8 Å². The van der Waals surface area contributed by atoms with Gasteiger partial charge in [-0.1, -0.05) is 40.5 Å². The van der Waals surface area contributed by atoms with Crippen molar-refractivity contribution in [3.8, 4) is 0 Å². The summed E-state index contributed by atoms with van der Waals surface area (Å²) in [4.78, 5) is 0. The monoisotopic (exact) mass is 184 g/mol. The summed E-state index contributed by atoms with van der Waals surface area (Å²) in [6.07, 6.45) is 2.47. The molecule has 0 aromatic heterocycles. The van der Waals surface area contributed by atoms with Crippen LogP contribution in [-0.4, -0.2) is 12.1 Å². The van der Waals surface area contributed by atoms with Gasteiger partial charge in [-0.3, -0.25) is 0 Å². The molecular formula is C12H26N. The Balaban J connectivity index is 3.83. The Kier molecular flexibility index (Phi) is 6.40. The van der Waals surface area contributed by atoms with Crippen LogP contribution in [0.5, 0.6) is 0 Å². The fourth-order valence-corrected chi connectivity index (χ4v) is 1.35. The Hall–Kier alpha value is -0.0400. The van der Waals surface area contributed by atoms with Crippen molar-refractivity contribution in [2.75, 3.05) is 0 Å². The van der Waals surface area contributed by atoms with Gasteiger partial charge in [-0.25, -0.2) is 5.32 Å². The van der Waals surface area contributed by atoms with Crippen LogP contribution in [0, 0.1) is 11.8 Å². The summed E-state index contributed by atoms with van der Waals surface area (Å²) in [5.41, 5.74) is 0. The maximum Gasteiger partial charge on any atom is 0.0246 e. The molecule has 79 valence electrons. The molecule has 0 amide bonds. The molecule has 0 aliphatic rings. The molecule has 0 N–H and O–H groups in total. The molecule has 0 rings (SSSR count). The average molecular weight is 184 g/mol. The minimum absolute atomic E-state index is 0.522. The van der Waals surface area contributed by atoms with Gasteiger partial charge in [0.1, 0.15) is 0 Å². The van der Waals surface area contributed by atoms with Crippen molar-refractivity contribution in [1.29, 1.82) is 0 Å². The van der Waals surface area contributed by atoms with E-state index in [-0.39, 0.29) is 0 Å². The third-order valence-electron chi connectivity index (χ3n) is 3.41. The molecule has 0 aliphatic heterocycles. The van der Waals surface area contributed by atoms with Crippen molar-refractivity contribution >= 4 is 0 Å². The second-order valence-electron chi connectivity index (χ2n) is 4.40. The van der Waals surface area contributed by atoms with Crippen molar-refractivity contribution in [3.05, 3.63) is 0 Å². The van der Waals surface area contributed by atoms with Gasteiger partial charge in [-0.05, 0) is 25.7 Å². The number of rotatable bonds is 6. The molecule has 0 heterocycles. The molecule has 0 aliphatic carbocycles. The number of hydrogen-bond acceptors (Lipinski definition) is 0. The summed E-state index contributed by atoms with van der Waals surface area (Å²) in [6.45, 7) is 13.5. The average Bonchev–Trinajstić information content (AvgIpc) is 2.14. The molecule has 0 spiro atoms. The standard InChI is InChI=1S/C12H26N/c1-7-9(3)11(5)13-12(6)10(4)8-2/h9-12H,7-8H2,1-6H3. The van der Waals surface area contributed by atoms with E-state index in [9.17, 15) is 0 Å². The van der Waals surface area contributed by atoms with Gasteiger partial charge in [0.25, 0.3) is 0 Å². The maximum atomic E-state index is 4.82. The predicted molar refractivity (Wildman–Crippen MR) is 60.0 cm³/mol. The molecule has 0 fully saturated rings. The van der Waals surface area contributed by atoms with Gasteiger partial charge < -0.3 is 0 Å². The Morgan fingerprint density at radius 2 is 1.08 bits per heavy atom. The highest BCUT2D eigenvalue weighted by Gasteiger charge is 2.17. The molecule has 0 saturated heterocycles. The summed E-state index contributed by atoms with van der Waals surface area (Å²) in [5.74, 6) is 1.46. The summed E-state index contributed by atoms with van der Waals surface area (Å²) >= 11 is 0. The SMILES string of the molecule is CCC(C)C(C)[N]C(C)C(C)CC.